The molecule has 2 fully saturated rings. The topological polar surface area (TPSA) is 54.0 Å². The van der Waals surface area contributed by atoms with Crippen molar-refractivity contribution in [2.75, 3.05) is 26.9 Å². The van der Waals surface area contributed by atoms with Crippen molar-refractivity contribution in [3.05, 3.63) is 0 Å². The highest BCUT2D eigenvalue weighted by Gasteiger charge is 2.30. The van der Waals surface area contributed by atoms with E-state index < -0.39 is 0 Å². The van der Waals surface area contributed by atoms with Crippen molar-refractivity contribution in [3.8, 4) is 0 Å². The van der Waals surface area contributed by atoms with Crippen LogP contribution in [0, 0.1) is 5.92 Å². The van der Waals surface area contributed by atoms with E-state index in [9.17, 15) is 4.79 Å². The first-order valence-electron chi connectivity index (χ1n) is 6.19. The van der Waals surface area contributed by atoms with Gasteiger partial charge in [-0.05, 0) is 18.8 Å². The molecule has 0 aliphatic carbocycles. The average molecular weight is 244 g/mol. The van der Waals surface area contributed by atoms with E-state index in [0.29, 0.717) is 12.5 Å². The molecule has 0 aromatic heterocycles. The molecule has 2 rings (SSSR count). The van der Waals surface area contributed by atoms with Crippen LogP contribution in [0.4, 0.5) is 0 Å². The summed E-state index contributed by atoms with van der Waals surface area (Å²) in [7, 11) is 1.39. The lowest BCUT2D eigenvalue weighted by atomic mass is 9.96. The molecule has 2 aliphatic heterocycles. The first kappa shape index (κ1) is 12.8. The van der Waals surface area contributed by atoms with Gasteiger partial charge < -0.3 is 18.9 Å². The Balaban J connectivity index is 1.68. The second kappa shape index (κ2) is 6.33. The zero-order valence-corrected chi connectivity index (χ0v) is 10.2. The minimum atomic E-state index is -0.245. The van der Waals surface area contributed by atoms with Gasteiger partial charge in [0.25, 0.3) is 0 Å². The van der Waals surface area contributed by atoms with E-state index in [0.717, 1.165) is 32.5 Å². The normalized spacial score (nSPS) is 30.4. The highest BCUT2D eigenvalue weighted by Crippen LogP contribution is 2.26. The van der Waals surface area contributed by atoms with Crippen molar-refractivity contribution < 1.29 is 23.7 Å². The molecular formula is C12H20O5. The first-order valence-corrected chi connectivity index (χ1v) is 6.19. The third-order valence-corrected chi connectivity index (χ3v) is 3.30. The average Bonchev–Trinajstić information content (AvgIpc) is 2.77. The van der Waals surface area contributed by atoms with Crippen LogP contribution in [0.15, 0.2) is 0 Å². The summed E-state index contributed by atoms with van der Waals surface area (Å²) in [5.41, 5.74) is 0. The largest absolute Gasteiger partial charge is 0.469 e. The molecule has 98 valence electrons. The Morgan fingerprint density at radius 2 is 2.12 bits per heavy atom. The van der Waals surface area contributed by atoms with E-state index in [1.165, 1.54) is 7.11 Å². The summed E-state index contributed by atoms with van der Waals surface area (Å²) in [4.78, 5) is 11.1. The SMILES string of the molecule is COC(=O)CC1COC(CC2CCOCC2)O1. The molecule has 0 spiro atoms. The number of methoxy groups -OCH3 is 1. The Labute approximate surface area is 101 Å². The van der Waals surface area contributed by atoms with Gasteiger partial charge in [0, 0.05) is 19.6 Å². The number of hydrogen-bond acceptors (Lipinski definition) is 5. The number of esters is 1. The number of carbonyl (C=O) groups excluding carboxylic acids is 1. The van der Waals surface area contributed by atoms with Gasteiger partial charge in [0.1, 0.15) is 0 Å². The molecule has 0 radical (unpaired) electrons. The lowest BCUT2D eigenvalue weighted by Gasteiger charge is -2.24. The Morgan fingerprint density at radius 1 is 1.35 bits per heavy atom. The monoisotopic (exact) mass is 244 g/mol. The van der Waals surface area contributed by atoms with Gasteiger partial charge in [0.05, 0.1) is 26.2 Å². The van der Waals surface area contributed by atoms with Crippen LogP contribution in [0.1, 0.15) is 25.7 Å². The fourth-order valence-electron chi connectivity index (χ4n) is 2.26. The van der Waals surface area contributed by atoms with Crippen LogP contribution in [0.2, 0.25) is 0 Å². The molecule has 0 N–H and O–H groups in total. The van der Waals surface area contributed by atoms with Gasteiger partial charge in [0.15, 0.2) is 6.29 Å². The Hall–Kier alpha value is -0.650. The molecule has 0 amide bonds. The van der Waals surface area contributed by atoms with E-state index in [-0.39, 0.29) is 24.8 Å². The van der Waals surface area contributed by atoms with Gasteiger partial charge in [-0.3, -0.25) is 4.79 Å². The van der Waals surface area contributed by atoms with E-state index >= 15 is 0 Å². The molecule has 5 nitrogen and oxygen atoms in total. The predicted molar refractivity (Wildman–Crippen MR) is 59.4 cm³/mol. The highest BCUT2D eigenvalue weighted by atomic mass is 16.7. The predicted octanol–water partition coefficient (Wildman–Crippen LogP) is 1.11. The fraction of sp³-hybridized carbons (Fsp3) is 0.917. The van der Waals surface area contributed by atoms with Crippen molar-refractivity contribution in [3.63, 3.8) is 0 Å². The van der Waals surface area contributed by atoms with Crippen LogP contribution in [0.3, 0.4) is 0 Å². The van der Waals surface area contributed by atoms with Crippen molar-refractivity contribution in [1.29, 1.82) is 0 Å². The minimum absolute atomic E-state index is 0.146. The smallest absolute Gasteiger partial charge is 0.308 e. The van der Waals surface area contributed by atoms with E-state index in [4.69, 9.17) is 14.2 Å². The third kappa shape index (κ3) is 3.94. The van der Waals surface area contributed by atoms with Crippen molar-refractivity contribution in [2.45, 2.75) is 38.1 Å². The lowest BCUT2D eigenvalue weighted by Crippen LogP contribution is -2.22. The molecule has 0 bridgehead atoms. The van der Waals surface area contributed by atoms with Crippen LogP contribution in [0.5, 0.6) is 0 Å². The summed E-state index contributed by atoms with van der Waals surface area (Å²) < 4.78 is 21.1. The molecule has 2 heterocycles. The van der Waals surface area contributed by atoms with Crippen LogP contribution < -0.4 is 0 Å². The summed E-state index contributed by atoms with van der Waals surface area (Å²) in [6, 6.07) is 0. The molecule has 2 aliphatic rings. The van der Waals surface area contributed by atoms with Crippen molar-refractivity contribution in [2.24, 2.45) is 5.92 Å². The zero-order valence-electron chi connectivity index (χ0n) is 10.2. The summed E-state index contributed by atoms with van der Waals surface area (Å²) >= 11 is 0. The molecule has 0 aromatic carbocycles. The summed E-state index contributed by atoms with van der Waals surface area (Å²) in [5, 5.41) is 0. The Bertz CT molecular complexity index is 249. The molecule has 2 atom stereocenters. The van der Waals surface area contributed by atoms with Gasteiger partial charge in [-0.2, -0.15) is 0 Å². The quantitative estimate of drug-likeness (QED) is 0.693. The molecule has 5 heteroatoms. The summed E-state index contributed by atoms with van der Waals surface area (Å²) in [6.07, 6.45) is 3.03. The molecule has 2 saturated heterocycles. The lowest BCUT2D eigenvalue weighted by molar-refractivity contribution is -0.144. The second-order valence-corrected chi connectivity index (χ2v) is 4.59. The maximum atomic E-state index is 11.1. The van der Waals surface area contributed by atoms with Gasteiger partial charge in [-0.25, -0.2) is 0 Å². The number of carbonyl (C=O) groups is 1. The van der Waals surface area contributed by atoms with Gasteiger partial charge in [-0.1, -0.05) is 0 Å². The molecule has 0 saturated carbocycles. The summed E-state index contributed by atoms with van der Waals surface area (Å²) in [5.74, 6) is 0.371. The minimum Gasteiger partial charge on any atom is -0.469 e. The van der Waals surface area contributed by atoms with E-state index in [1.807, 2.05) is 0 Å². The maximum Gasteiger partial charge on any atom is 0.308 e. The molecular weight excluding hydrogens is 224 g/mol. The van der Waals surface area contributed by atoms with E-state index in [1.54, 1.807) is 0 Å². The molecule has 17 heavy (non-hydrogen) atoms. The second-order valence-electron chi connectivity index (χ2n) is 4.59. The Kier molecular flexibility index (Phi) is 4.76. The first-order chi connectivity index (χ1) is 8.28. The van der Waals surface area contributed by atoms with Crippen LogP contribution >= 0.6 is 0 Å². The molecule has 0 aromatic rings. The number of rotatable bonds is 4. The summed E-state index contributed by atoms with van der Waals surface area (Å²) in [6.45, 7) is 2.16. The standard InChI is InChI=1S/C12H20O5/c1-14-11(13)7-10-8-16-12(17-10)6-9-2-4-15-5-3-9/h9-10,12H,2-8H2,1H3. The Morgan fingerprint density at radius 3 is 2.82 bits per heavy atom. The van der Waals surface area contributed by atoms with Crippen molar-refractivity contribution in [1.82, 2.24) is 0 Å². The third-order valence-electron chi connectivity index (χ3n) is 3.30. The van der Waals surface area contributed by atoms with Gasteiger partial charge in [0.2, 0.25) is 0 Å². The number of hydrogen-bond donors (Lipinski definition) is 0. The van der Waals surface area contributed by atoms with Gasteiger partial charge in [-0.15, -0.1) is 0 Å². The highest BCUT2D eigenvalue weighted by molar-refractivity contribution is 5.69. The number of ether oxygens (including phenoxy) is 4. The van der Waals surface area contributed by atoms with Gasteiger partial charge >= 0.3 is 5.97 Å². The molecule has 2 unspecified atom stereocenters. The van der Waals surface area contributed by atoms with Crippen LogP contribution in [-0.4, -0.2) is 45.3 Å². The van der Waals surface area contributed by atoms with Crippen LogP contribution in [0.25, 0.3) is 0 Å². The fourth-order valence-corrected chi connectivity index (χ4v) is 2.26. The maximum absolute atomic E-state index is 11.1. The van der Waals surface area contributed by atoms with Crippen molar-refractivity contribution >= 4 is 5.97 Å². The van der Waals surface area contributed by atoms with E-state index in [2.05, 4.69) is 4.74 Å². The zero-order chi connectivity index (χ0) is 12.1. The van der Waals surface area contributed by atoms with Crippen LogP contribution in [-0.2, 0) is 23.7 Å².